The van der Waals surface area contributed by atoms with E-state index in [9.17, 15) is 9.90 Å². The van der Waals surface area contributed by atoms with Crippen LogP contribution in [-0.4, -0.2) is 18.1 Å². The van der Waals surface area contributed by atoms with Crippen molar-refractivity contribution in [1.82, 2.24) is 5.32 Å². The molecule has 2 aromatic rings. The molecule has 1 amide bonds. The summed E-state index contributed by atoms with van der Waals surface area (Å²) in [7, 11) is 1.59. The highest BCUT2D eigenvalue weighted by Crippen LogP contribution is 2.17. The van der Waals surface area contributed by atoms with Gasteiger partial charge in [0.25, 0.3) is 5.91 Å². The van der Waals surface area contributed by atoms with Gasteiger partial charge < -0.3 is 21.3 Å². The first kappa shape index (κ1) is 12.8. The molecule has 2 aromatic carbocycles. The maximum Gasteiger partial charge on any atom is 0.253 e. The number of carbonyl (C=O) groups excluding carboxylic acids is 1. The molecule has 0 heterocycles. The van der Waals surface area contributed by atoms with Crippen LogP contribution in [0.25, 0.3) is 0 Å². The molecule has 4 N–H and O–H groups in total. The minimum absolute atomic E-state index is 0.157. The molecule has 98 valence electrons. The second kappa shape index (κ2) is 5.77. The normalized spacial score (nSPS) is 9.74. The highest BCUT2D eigenvalue weighted by atomic mass is 16.3. The van der Waals surface area contributed by atoms with Crippen LogP contribution in [0.5, 0.6) is 5.75 Å². The Kier molecular flexibility index (Phi) is 3.87. The predicted molar refractivity (Wildman–Crippen MR) is 75.2 cm³/mol. The molecule has 0 spiro atoms. The number of phenols is 1. The number of anilines is 2. The van der Waals surface area contributed by atoms with Gasteiger partial charge in [-0.3, -0.25) is 4.79 Å². The summed E-state index contributed by atoms with van der Waals surface area (Å²) < 4.78 is 0. The van der Waals surface area contributed by atoms with Crippen LogP contribution >= 0.6 is 0 Å². The summed E-state index contributed by atoms with van der Waals surface area (Å²) in [6.45, 7) is 0. The van der Waals surface area contributed by atoms with E-state index in [4.69, 9.17) is 0 Å². The molecule has 5 heteroatoms. The molecule has 0 radical (unpaired) electrons. The molecule has 0 saturated heterocycles. The van der Waals surface area contributed by atoms with E-state index in [2.05, 4.69) is 16.2 Å². The van der Waals surface area contributed by atoms with Gasteiger partial charge in [-0.15, -0.1) is 0 Å². The second-order valence-corrected chi connectivity index (χ2v) is 3.92. The summed E-state index contributed by atoms with van der Waals surface area (Å²) in [5, 5.41) is 11.8. The summed E-state index contributed by atoms with van der Waals surface area (Å²) >= 11 is 0. The van der Waals surface area contributed by atoms with Crippen LogP contribution in [0.15, 0.2) is 48.5 Å². The largest absolute Gasteiger partial charge is 0.508 e. The van der Waals surface area contributed by atoms with Crippen LogP contribution in [0.2, 0.25) is 0 Å². The number of phenolic OH excluding ortho intramolecular Hbond substituents is 1. The summed E-state index contributed by atoms with van der Waals surface area (Å²) in [6.07, 6.45) is 0. The molecule has 0 aliphatic heterocycles. The highest BCUT2D eigenvalue weighted by molar-refractivity contribution is 5.99. The number of hydrazine groups is 1. The van der Waals surface area contributed by atoms with E-state index in [1.165, 1.54) is 0 Å². The first-order valence-corrected chi connectivity index (χ1v) is 5.83. The van der Waals surface area contributed by atoms with E-state index in [-0.39, 0.29) is 11.7 Å². The van der Waals surface area contributed by atoms with Crippen molar-refractivity contribution in [2.24, 2.45) is 0 Å². The molecule has 0 aliphatic carbocycles. The van der Waals surface area contributed by atoms with E-state index in [1.54, 1.807) is 49.5 Å². The third kappa shape index (κ3) is 3.16. The first-order chi connectivity index (χ1) is 9.20. The Hall–Kier alpha value is -2.69. The highest BCUT2D eigenvalue weighted by Gasteiger charge is 2.08. The number of benzene rings is 2. The molecule has 0 aromatic heterocycles. The average molecular weight is 257 g/mol. The van der Waals surface area contributed by atoms with Gasteiger partial charge in [-0.05, 0) is 36.4 Å². The Balaban J connectivity index is 2.11. The van der Waals surface area contributed by atoms with Gasteiger partial charge in [0, 0.05) is 7.05 Å². The van der Waals surface area contributed by atoms with Gasteiger partial charge >= 0.3 is 0 Å². The zero-order chi connectivity index (χ0) is 13.7. The maximum atomic E-state index is 11.7. The minimum Gasteiger partial charge on any atom is -0.508 e. The molecule has 5 nitrogen and oxygen atoms in total. The van der Waals surface area contributed by atoms with Crippen molar-refractivity contribution in [1.29, 1.82) is 0 Å². The van der Waals surface area contributed by atoms with Gasteiger partial charge in [0.1, 0.15) is 5.75 Å². The number of para-hydroxylation sites is 1. The van der Waals surface area contributed by atoms with Crippen molar-refractivity contribution in [3.8, 4) is 5.75 Å². The molecule has 0 saturated carbocycles. The number of rotatable bonds is 4. The van der Waals surface area contributed by atoms with Gasteiger partial charge in [-0.1, -0.05) is 12.1 Å². The monoisotopic (exact) mass is 257 g/mol. The fourth-order valence-corrected chi connectivity index (χ4v) is 1.61. The Morgan fingerprint density at radius 3 is 2.37 bits per heavy atom. The van der Waals surface area contributed by atoms with Crippen LogP contribution in [-0.2, 0) is 0 Å². The number of hydrogen-bond donors (Lipinski definition) is 4. The topological polar surface area (TPSA) is 73.4 Å². The number of carbonyl (C=O) groups is 1. The third-order valence-corrected chi connectivity index (χ3v) is 2.61. The Morgan fingerprint density at radius 1 is 1.00 bits per heavy atom. The molecule has 0 unspecified atom stereocenters. The van der Waals surface area contributed by atoms with Crippen LogP contribution in [0, 0.1) is 0 Å². The fraction of sp³-hybridized carbons (Fsp3) is 0.0714. The van der Waals surface area contributed by atoms with Gasteiger partial charge in [0.15, 0.2) is 0 Å². The van der Waals surface area contributed by atoms with Gasteiger partial charge in [-0.25, -0.2) is 0 Å². The summed E-state index contributed by atoms with van der Waals surface area (Å²) in [5.74, 6) is 0.0481. The zero-order valence-corrected chi connectivity index (χ0v) is 10.5. The van der Waals surface area contributed by atoms with Crippen molar-refractivity contribution < 1.29 is 9.90 Å². The summed E-state index contributed by atoms with van der Waals surface area (Å²) in [4.78, 5) is 11.7. The zero-order valence-electron chi connectivity index (χ0n) is 10.5. The van der Waals surface area contributed by atoms with Gasteiger partial charge in [-0.2, -0.15) is 0 Å². The SMILES string of the molecule is CNC(=O)c1ccccc1NNc1ccc(O)cc1. The number of amides is 1. The van der Waals surface area contributed by atoms with Crippen molar-refractivity contribution in [3.63, 3.8) is 0 Å². The lowest BCUT2D eigenvalue weighted by molar-refractivity contribution is 0.0964. The van der Waals surface area contributed by atoms with Crippen molar-refractivity contribution >= 4 is 17.3 Å². The maximum absolute atomic E-state index is 11.7. The molecule has 0 aliphatic rings. The Bertz CT molecular complexity index is 567. The smallest absolute Gasteiger partial charge is 0.253 e. The van der Waals surface area contributed by atoms with Crippen LogP contribution in [0.1, 0.15) is 10.4 Å². The molecule has 0 atom stereocenters. The number of aromatic hydroxyl groups is 1. The summed E-state index contributed by atoms with van der Waals surface area (Å²) in [6, 6.07) is 13.8. The quantitative estimate of drug-likeness (QED) is 0.500. The fourth-order valence-electron chi connectivity index (χ4n) is 1.61. The third-order valence-electron chi connectivity index (χ3n) is 2.61. The number of nitrogens with one attached hydrogen (secondary N) is 3. The van der Waals surface area contributed by atoms with E-state index in [0.717, 1.165) is 5.69 Å². The lowest BCUT2D eigenvalue weighted by atomic mass is 10.1. The summed E-state index contributed by atoms with van der Waals surface area (Å²) in [5.41, 5.74) is 7.95. The molecular formula is C14H15N3O2. The Labute approximate surface area is 111 Å². The lowest BCUT2D eigenvalue weighted by Crippen LogP contribution is -2.20. The van der Waals surface area contributed by atoms with Gasteiger partial charge in [0.2, 0.25) is 0 Å². The van der Waals surface area contributed by atoms with Crippen LogP contribution in [0.4, 0.5) is 11.4 Å². The molecular weight excluding hydrogens is 242 g/mol. The molecule has 0 fully saturated rings. The van der Waals surface area contributed by atoms with Crippen molar-refractivity contribution in [2.45, 2.75) is 0 Å². The van der Waals surface area contributed by atoms with E-state index in [0.29, 0.717) is 11.3 Å². The average Bonchev–Trinajstić information content (AvgIpc) is 2.46. The van der Waals surface area contributed by atoms with Crippen molar-refractivity contribution in [3.05, 3.63) is 54.1 Å². The van der Waals surface area contributed by atoms with Crippen LogP contribution in [0.3, 0.4) is 0 Å². The molecule has 19 heavy (non-hydrogen) atoms. The first-order valence-electron chi connectivity index (χ1n) is 5.83. The van der Waals surface area contributed by atoms with E-state index >= 15 is 0 Å². The Morgan fingerprint density at radius 2 is 1.68 bits per heavy atom. The van der Waals surface area contributed by atoms with Crippen LogP contribution < -0.4 is 16.2 Å². The number of hydrogen-bond acceptors (Lipinski definition) is 4. The second-order valence-electron chi connectivity index (χ2n) is 3.92. The standard InChI is InChI=1S/C14H15N3O2/c1-15-14(19)12-4-2-3-5-13(12)17-16-10-6-8-11(18)9-7-10/h2-9,16-18H,1H3,(H,15,19). The molecule has 2 rings (SSSR count). The predicted octanol–water partition coefficient (Wildman–Crippen LogP) is 2.19. The molecule has 0 bridgehead atoms. The van der Waals surface area contributed by atoms with Crippen molar-refractivity contribution in [2.75, 3.05) is 17.9 Å². The van der Waals surface area contributed by atoms with Gasteiger partial charge in [0.05, 0.1) is 16.9 Å². The lowest BCUT2D eigenvalue weighted by Gasteiger charge is -2.13. The van der Waals surface area contributed by atoms with E-state index < -0.39 is 0 Å². The van der Waals surface area contributed by atoms with E-state index in [1.807, 2.05) is 6.07 Å². The minimum atomic E-state index is -0.157.